The summed E-state index contributed by atoms with van der Waals surface area (Å²) in [5, 5.41) is 2.46. The summed E-state index contributed by atoms with van der Waals surface area (Å²) in [6.07, 6.45) is 14.7. The zero-order valence-electron chi connectivity index (χ0n) is 41.7. The number of fused-ring (bicyclic) bond motifs is 10. The molecule has 0 fully saturated rings. The number of para-hydroxylation sites is 3. The second-order valence-corrected chi connectivity index (χ2v) is 21.3. The maximum absolute atomic E-state index is 2.48. The summed E-state index contributed by atoms with van der Waals surface area (Å²) in [6.45, 7) is 9.48. The van der Waals surface area contributed by atoms with Crippen molar-refractivity contribution in [1.29, 1.82) is 0 Å². The van der Waals surface area contributed by atoms with Crippen molar-refractivity contribution < 1.29 is 0 Å². The van der Waals surface area contributed by atoms with Gasteiger partial charge in [0.1, 0.15) is 0 Å². The third-order valence-corrected chi connectivity index (χ3v) is 16.4. The fraction of sp³-hybridized carbons (Fsp3) is 0.114. The van der Waals surface area contributed by atoms with Gasteiger partial charge in [0, 0.05) is 67.3 Å². The molecule has 14 rings (SSSR count). The highest BCUT2D eigenvalue weighted by atomic mass is 15.2. The van der Waals surface area contributed by atoms with E-state index in [0.717, 1.165) is 46.0 Å². The minimum Gasteiger partial charge on any atom is -0.310 e. The second kappa shape index (κ2) is 16.4. The number of hydrogen-bond acceptors (Lipinski definition) is 2. The Kier molecular flexibility index (Phi) is 9.72. The van der Waals surface area contributed by atoms with Gasteiger partial charge >= 0.3 is 0 Å². The van der Waals surface area contributed by atoms with Crippen LogP contribution in [0.15, 0.2) is 254 Å². The van der Waals surface area contributed by atoms with E-state index >= 15 is 0 Å². The van der Waals surface area contributed by atoms with Crippen LogP contribution in [0.2, 0.25) is 0 Å². The number of aromatic nitrogens is 1. The van der Waals surface area contributed by atoms with E-state index in [1.807, 2.05) is 0 Å². The minimum absolute atomic E-state index is 0.103. The van der Waals surface area contributed by atoms with Gasteiger partial charge in [0.25, 0.3) is 0 Å². The zero-order valence-corrected chi connectivity index (χ0v) is 41.7. The Morgan fingerprint density at radius 3 is 1.73 bits per heavy atom. The van der Waals surface area contributed by atoms with E-state index in [-0.39, 0.29) is 10.8 Å². The molecule has 1 atom stereocenters. The number of hydrogen-bond donors (Lipinski definition) is 0. The lowest BCUT2D eigenvalue weighted by Gasteiger charge is -2.34. The molecule has 0 bridgehead atoms. The number of rotatable bonds is 8. The highest BCUT2D eigenvalue weighted by molar-refractivity contribution is 6.11. The normalized spacial score (nSPS) is 16.3. The van der Waals surface area contributed by atoms with E-state index in [1.165, 1.54) is 83.3 Å². The summed E-state index contributed by atoms with van der Waals surface area (Å²) in [7, 11) is 0. The van der Waals surface area contributed by atoms with E-state index in [2.05, 4.69) is 285 Å². The number of nitrogens with zero attached hydrogens (tertiary/aromatic N) is 3. The van der Waals surface area contributed by atoms with Crippen molar-refractivity contribution in [3.63, 3.8) is 0 Å². The van der Waals surface area contributed by atoms with Crippen LogP contribution in [0.4, 0.5) is 28.4 Å². The fourth-order valence-electron chi connectivity index (χ4n) is 12.8. The summed E-state index contributed by atoms with van der Waals surface area (Å²) in [5.41, 5.74) is 24.4. The predicted molar refractivity (Wildman–Crippen MR) is 307 cm³/mol. The van der Waals surface area contributed by atoms with Gasteiger partial charge in [0.05, 0.1) is 11.0 Å². The molecule has 350 valence electrons. The Balaban J connectivity index is 0.994. The second-order valence-electron chi connectivity index (χ2n) is 21.3. The smallest absolute Gasteiger partial charge is 0.0541 e. The van der Waals surface area contributed by atoms with Crippen molar-refractivity contribution in [2.75, 3.05) is 9.80 Å². The SMILES string of the molecule is CC1(C)c2ccccc2-c2ccc(N(c3ccccc3)c3cc(-c4ccc5c(c4)c4ccccc4n5-c4ccc5c(c4)C(C)(C)c4ccccc4-5)cc(N(C4=C5C=CC=CC5CC=C4)c4ccccc4)c3)cc21. The zero-order chi connectivity index (χ0) is 49.0. The molecule has 0 spiro atoms. The van der Waals surface area contributed by atoms with Crippen LogP contribution in [0.5, 0.6) is 0 Å². The largest absolute Gasteiger partial charge is 0.310 e. The first kappa shape index (κ1) is 43.2. The molecule has 9 aromatic carbocycles. The van der Waals surface area contributed by atoms with E-state index < -0.39 is 0 Å². The Morgan fingerprint density at radius 1 is 0.411 bits per heavy atom. The van der Waals surface area contributed by atoms with Gasteiger partial charge in [-0.1, -0.05) is 179 Å². The summed E-state index contributed by atoms with van der Waals surface area (Å²) in [6, 6.07) is 77.2. The van der Waals surface area contributed by atoms with E-state index in [9.17, 15) is 0 Å². The molecule has 3 nitrogen and oxygen atoms in total. The van der Waals surface area contributed by atoms with Crippen LogP contribution in [-0.4, -0.2) is 4.57 Å². The molecule has 0 saturated carbocycles. The van der Waals surface area contributed by atoms with Crippen LogP contribution >= 0.6 is 0 Å². The molecule has 0 N–H and O–H groups in total. The molecule has 0 saturated heterocycles. The van der Waals surface area contributed by atoms with Crippen LogP contribution < -0.4 is 9.80 Å². The van der Waals surface area contributed by atoms with Crippen molar-refractivity contribution >= 4 is 50.2 Å². The molecule has 10 aromatic rings. The predicted octanol–water partition coefficient (Wildman–Crippen LogP) is 18.6. The average Bonchev–Trinajstić information content (AvgIpc) is 3.98. The van der Waals surface area contributed by atoms with Gasteiger partial charge in [0.15, 0.2) is 0 Å². The molecule has 0 radical (unpaired) electrons. The summed E-state index contributed by atoms with van der Waals surface area (Å²) in [5.74, 6) is 0.311. The molecule has 4 aliphatic carbocycles. The van der Waals surface area contributed by atoms with Gasteiger partial charge < -0.3 is 14.4 Å². The molecular weight excluding hydrogens is 883 g/mol. The molecule has 1 unspecified atom stereocenters. The van der Waals surface area contributed by atoms with Crippen LogP contribution in [0, 0.1) is 5.92 Å². The molecule has 1 aromatic heterocycles. The number of anilines is 5. The van der Waals surface area contributed by atoms with Gasteiger partial charge in [-0.3, -0.25) is 0 Å². The first-order valence-electron chi connectivity index (χ1n) is 25.9. The van der Waals surface area contributed by atoms with Crippen molar-refractivity contribution in [2.24, 2.45) is 5.92 Å². The summed E-state index contributed by atoms with van der Waals surface area (Å²) in [4.78, 5) is 4.95. The maximum atomic E-state index is 2.48. The first-order chi connectivity index (χ1) is 35.7. The molecule has 0 amide bonds. The Bertz CT molecular complexity index is 4010. The molecule has 4 aliphatic rings. The fourth-order valence-corrected chi connectivity index (χ4v) is 12.8. The topological polar surface area (TPSA) is 11.4 Å². The monoisotopic (exact) mass is 937 g/mol. The van der Waals surface area contributed by atoms with Crippen LogP contribution in [0.3, 0.4) is 0 Å². The molecule has 1 heterocycles. The maximum Gasteiger partial charge on any atom is 0.0541 e. The molecule has 3 heteroatoms. The van der Waals surface area contributed by atoms with Crippen molar-refractivity contribution in [2.45, 2.75) is 44.9 Å². The summed E-state index contributed by atoms with van der Waals surface area (Å²) < 4.78 is 2.48. The lowest BCUT2D eigenvalue weighted by Crippen LogP contribution is -2.22. The van der Waals surface area contributed by atoms with Crippen LogP contribution in [-0.2, 0) is 10.8 Å². The quantitative estimate of drug-likeness (QED) is 0.150. The van der Waals surface area contributed by atoms with Crippen LogP contribution in [0.25, 0.3) is 60.9 Å². The van der Waals surface area contributed by atoms with E-state index in [0.29, 0.717) is 5.92 Å². The highest BCUT2D eigenvalue weighted by Crippen LogP contribution is 2.53. The van der Waals surface area contributed by atoms with Gasteiger partial charge in [-0.2, -0.15) is 0 Å². The lowest BCUT2D eigenvalue weighted by atomic mass is 9.82. The van der Waals surface area contributed by atoms with Crippen LogP contribution in [0.1, 0.15) is 56.4 Å². The molecule has 73 heavy (non-hydrogen) atoms. The van der Waals surface area contributed by atoms with Gasteiger partial charge in [-0.05, 0) is 159 Å². The average molecular weight is 938 g/mol. The highest BCUT2D eigenvalue weighted by Gasteiger charge is 2.37. The van der Waals surface area contributed by atoms with Crippen molar-refractivity contribution in [3.05, 3.63) is 276 Å². The van der Waals surface area contributed by atoms with Gasteiger partial charge in [-0.15, -0.1) is 0 Å². The van der Waals surface area contributed by atoms with E-state index in [4.69, 9.17) is 0 Å². The Hall–Kier alpha value is -8.66. The van der Waals surface area contributed by atoms with Gasteiger partial charge in [0.2, 0.25) is 0 Å². The minimum atomic E-state index is -0.156. The van der Waals surface area contributed by atoms with Gasteiger partial charge in [-0.25, -0.2) is 0 Å². The van der Waals surface area contributed by atoms with Crippen molar-refractivity contribution in [3.8, 4) is 39.1 Å². The Morgan fingerprint density at radius 2 is 1.00 bits per heavy atom. The summed E-state index contributed by atoms with van der Waals surface area (Å²) >= 11 is 0. The van der Waals surface area contributed by atoms with Crippen molar-refractivity contribution in [1.82, 2.24) is 4.57 Å². The first-order valence-corrected chi connectivity index (χ1v) is 25.9. The molecule has 0 aliphatic heterocycles. The third-order valence-electron chi connectivity index (χ3n) is 16.4. The molecular formula is C70H55N3. The third kappa shape index (κ3) is 6.72. The Labute approximate surface area is 428 Å². The lowest BCUT2D eigenvalue weighted by molar-refractivity contribution is 0.660. The number of benzene rings is 9. The standard InChI is InChI=1S/C70H55N3/c1-69(2)62-30-16-13-27-56(62)58-37-35-51(44-64(58)69)71(49-22-7-5-8-23-49)53-40-48(41-54(43-53)72(50-24-9-6-10-25-50)66-33-19-21-46-20-11-12-26-55(46)66)47-34-39-68-61(42-47)60-29-15-18-32-67(60)73(68)52-36-38-59-57-28-14-17-31-63(57)70(3,4)65(59)45-52/h5-20,22-46H,21H2,1-4H3. The number of allylic oxidation sites excluding steroid dienone is 7. The van der Waals surface area contributed by atoms with E-state index in [1.54, 1.807) is 0 Å².